The van der Waals surface area contributed by atoms with Gasteiger partial charge < -0.3 is 0 Å². The molecule has 21 nitrogen and oxygen atoms in total. The van der Waals surface area contributed by atoms with Gasteiger partial charge in [-0.25, -0.2) is 0 Å². The average molecular weight is 750 g/mol. The Morgan fingerprint density at radius 1 is 0.310 bits per heavy atom. The molecule has 0 spiro atoms. The fraction of sp³-hybridized carbons (Fsp3) is 0. The summed E-state index contributed by atoms with van der Waals surface area (Å²) in [4.78, 5) is 0. The predicted octanol–water partition coefficient (Wildman–Crippen LogP) is -8.78. The zero-order valence-electron chi connectivity index (χ0n) is 11.9. The van der Waals surface area contributed by atoms with E-state index < -0.39 is 81.7 Å². The minimum atomic E-state index is -6.07. The quantitative estimate of drug-likeness (QED) is 0.243. The van der Waals surface area contributed by atoms with Gasteiger partial charge >= 0.3 is 161 Å². The SMILES string of the molecule is [O]=[Cr](=[O])([O-])[O][Cr](=[O])(=[O])[O-].[O]=[Cr](=[O])([O-])[O][Cr](=[O])(=[O])[O-].[O]=[Cr](=[O])([O-])[O][Cr](=[O])(=[O])[O-].[V].[V]. The summed E-state index contributed by atoms with van der Waals surface area (Å²) in [6.07, 6.45) is 0. The van der Waals surface area contributed by atoms with Gasteiger partial charge in [-0.15, -0.1) is 0 Å². The Morgan fingerprint density at radius 2 is 0.379 bits per heavy atom. The smallest absolute Gasteiger partial charge is 0 e. The Kier molecular flexibility index (Phi) is 20.7. The molecule has 0 aliphatic heterocycles. The number of rotatable bonds is 6. The van der Waals surface area contributed by atoms with E-state index in [1.807, 2.05) is 0 Å². The van der Waals surface area contributed by atoms with Gasteiger partial charge in [-0.05, 0) is 0 Å². The molecule has 0 saturated carbocycles. The minimum Gasteiger partial charge on any atom is 0 e. The fourth-order valence-electron chi connectivity index (χ4n) is 0.306. The molecule has 2 radical (unpaired) electrons. The van der Waals surface area contributed by atoms with E-state index in [-0.39, 0.29) is 37.1 Å². The van der Waals surface area contributed by atoms with E-state index in [1.165, 1.54) is 0 Å². The molecular formula is Cr6O21V2-6. The molecule has 0 bridgehead atoms. The van der Waals surface area contributed by atoms with Crippen molar-refractivity contribution in [3.63, 3.8) is 0 Å². The van der Waals surface area contributed by atoms with Crippen LogP contribution < -0.4 is 24.9 Å². The summed E-state index contributed by atoms with van der Waals surface area (Å²) in [5.41, 5.74) is 0. The number of hydrogen-bond donors (Lipinski definition) is 0. The van der Waals surface area contributed by atoms with Crippen LogP contribution in [0.5, 0.6) is 0 Å². The fourth-order valence-corrected chi connectivity index (χ4v) is 5.21. The molecule has 29 heavy (non-hydrogen) atoms. The molecule has 0 aromatic carbocycles. The van der Waals surface area contributed by atoms with E-state index in [4.69, 9.17) is 0 Å². The van der Waals surface area contributed by atoms with Gasteiger partial charge in [-0.3, -0.25) is 0 Å². The first-order chi connectivity index (χ1) is 11.1. The Bertz CT molecular complexity index is 854. The average Bonchev–Trinajstić information content (AvgIpc) is 1.96. The van der Waals surface area contributed by atoms with Crippen LogP contribution >= 0.6 is 0 Å². The van der Waals surface area contributed by atoms with Crippen LogP contribution in [-0.2, 0) is 173 Å². The Morgan fingerprint density at radius 3 is 0.379 bits per heavy atom. The summed E-state index contributed by atoms with van der Waals surface area (Å²) >= 11 is -36.4. The normalized spacial score (nSPS) is 12.6. The summed E-state index contributed by atoms with van der Waals surface area (Å²) in [6.45, 7) is 0. The molecule has 0 aromatic heterocycles. The monoisotopic (exact) mass is 749 g/mol. The molecule has 0 aliphatic rings. The first-order valence-electron chi connectivity index (χ1n) is 4.00. The predicted molar refractivity (Wildman–Crippen MR) is 11.5 cm³/mol. The summed E-state index contributed by atoms with van der Waals surface area (Å²) in [5.74, 6) is 0. The Labute approximate surface area is 195 Å². The maximum atomic E-state index is 9.38. The second-order valence-corrected chi connectivity index (χ2v) is 13.6. The molecule has 0 aromatic rings. The van der Waals surface area contributed by atoms with Crippen LogP contribution in [-0.4, -0.2) is 0 Å². The van der Waals surface area contributed by atoms with Gasteiger partial charge in [0.1, 0.15) is 0 Å². The van der Waals surface area contributed by atoms with Crippen molar-refractivity contribution in [3.05, 3.63) is 0 Å². The number of hydrogen-bond acceptors (Lipinski definition) is 21. The van der Waals surface area contributed by atoms with Gasteiger partial charge in [-0.2, -0.15) is 0 Å². The standard InChI is InChI=1S/6Cr.21O.2V/q;;;;;;;;;;;;;;;;;;;;;6*-1;;. The minimum absolute atomic E-state index is 0. The maximum absolute atomic E-state index is 9.38. The van der Waals surface area contributed by atoms with Crippen molar-refractivity contribution in [1.29, 1.82) is 0 Å². The van der Waals surface area contributed by atoms with Crippen LogP contribution in [0.25, 0.3) is 0 Å². The van der Waals surface area contributed by atoms with Crippen molar-refractivity contribution < 1.29 is 198 Å². The van der Waals surface area contributed by atoms with Crippen molar-refractivity contribution in [3.8, 4) is 0 Å². The summed E-state index contributed by atoms with van der Waals surface area (Å²) in [7, 11) is 0. The van der Waals surface area contributed by atoms with Gasteiger partial charge in [0.2, 0.25) is 0 Å². The molecular weight excluding hydrogens is 750 g/mol. The van der Waals surface area contributed by atoms with Crippen LogP contribution in [0, 0.1) is 0 Å². The van der Waals surface area contributed by atoms with E-state index in [9.17, 15) is 70.6 Å². The second kappa shape index (κ2) is 14.7. The van der Waals surface area contributed by atoms with Crippen molar-refractivity contribution in [2.24, 2.45) is 0 Å². The second-order valence-electron chi connectivity index (χ2n) is 2.65. The first kappa shape index (κ1) is 40.9. The molecule has 29 heteroatoms. The summed E-state index contributed by atoms with van der Waals surface area (Å²) < 4.78 is 177. The Balaban J connectivity index is -0.0000000960. The van der Waals surface area contributed by atoms with E-state index in [2.05, 4.69) is 8.52 Å². The molecule has 0 rings (SSSR count). The first-order valence-corrected chi connectivity index (χ1v) is 16.5. The Hall–Kier alpha value is 1.60. The molecule has 0 amide bonds. The molecule has 0 heterocycles. The molecule has 0 unspecified atom stereocenters. The topological polar surface area (TPSA) is 371 Å². The molecule has 0 saturated heterocycles. The van der Waals surface area contributed by atoms with E-state index in [1.54, 1.807) is 0 Å². The molecule has 0 atom stereocenters. The molecule has 0 N–H and O–H groups in total. The van der Waals surface area contributed by atoms with Crippen molar-refractivity contribution >= 4 is 0 Å². The van der Waals surface area contributed by atoms with Crippen LogP contribution in [0.2, 0.25) is 0 Å². The van der Waals surface area contributed by atoms with Crippen molar-refractivity contribution in [2.45, 2.75) is 0 Å². The van der Waals surface area contributed by atoms with Gasteiger partial charge in [0.05, 0.1) is 0 Å². The van der Waals surface area contributed by atoms with E-state index in [0.29, 0.717) is 0 Å². The summed E-state index contributed by atoms with van der Waals surface area (Å²) in [5, 5.41) is 0. The van der Waals surface area contributed by atoms with Crippen LogP contribution in [0.1, 0.15) is 0 Å². The maximum Gasteiger partial charge on any atom is 0 e. The molecule has 178 valence electrons. The summed E-state index contributed by atoms with van der Waals surface area (Å²) in [6, 6.07) is 0. The molecule has 0 aliphatic carbocycles. The third-order valence-corrected chi connectivity index (χ3v) is 8.50. The van der Waals surface area contributed by atoms with Crippen LogP contribution in [0.4, 0.5) is 0 Å². The van der Waals surface area contributed by atoms with Gasteiger partial charge in [0.25, 0.3) is 0 Å². The third kappa shape index (κ3) is 58.7. The van der Waals surface area contributed by atoms with E-state index >= 15 is 0 Å². The van der Waals surface area contributed by atoms with Crippen LogP contribution in [0.15, 0.2) is 0 Å². The third-order valence-electron chi connectivity index (χ3n) is 0.500. The zero-order valence-corrected chi connectivity index (χ0v) is 22.4. The van der Waals surface area contributed by atoms with Crippen LogP contribution in [0.3, 0.4) is 0 Å². The largest absolute Gasteiger partial charge is 0 e. The van der Waals surface area contributed by atoms with Gasteiger partial charge in [0, 0.05) is 37.1 Å². The van der Waals surface area contributed by atoms with Gasteiger partial charge in [0.15, 0.2) is 0 Å². The van der Waals surface area contributed by atoms with Crippen molar-refractivity contribution in [2.75, 3.05) is 0 Å². The van der Waals surface area contributed by atoms with E-state index in [0.717, 1.165) is 0 Å². The van der Waals surface area contributed by atoms with Gasteiger partial charge in [-0.1, -0.05) is 0 Å². The van der Waals surface area contributed by atoms with Crippen molar-refractivity contribution in [1.82, 2.24) is 0 Å². The zero-order chi connectivity index (χ0) is 23.1. The molecule has 0 fully saturated rings.